The molecule has 1 unspecified atom stereocenters. The van der Waals surface area contributed by atoms with Gasteiger partial charge in [-0.1, -0.05) is 11.6 Å². The van der Waals surface area contributed by atoms with Gasteiger partial charge in [0.1, 0.15) is 5.02 Å². The number of halogens is 4. The lowest BCUT2D eigenvalue weighted by atomic mass is 10.3. The number of aromatic nitrogens is 1. The van der Waals surface area contributed by atoms with Gasteiger partial charge in [0.2, 0.25) is 5.88 Å². The van der Waals surface area contributed by atoms with E-state index in [2.05, 4.69) is 9.72 Å². The summed E-state index contributed by atoms with van der Waals surface area (Å²) in [4.78, 5) is 3.35. The maximum atomic E-state index is 12.2. The van der Waals surface area contributed by atoms with Crippen LogP contribution in [0.25, 0.3) is 0 Å². The highest BCUT2D eigenvalue weighted by molar-refractivity contribution is 6.31. The summed E-state index contributed by atoms with van der Waals surface area (Å²) in [6.07, 6.45) is -5.10. The summed E-state index contributed by atoms with van der Waals surface area (Å²) < 4.78 is 41.2. The Kier molecular flexibility index (Phi) is 3.41. The van der Waals surface area contributed by atoms with E-state index in [1.807, 2.05) is 0 Å². The molecule has 15 heavy (non-hydrogen) atoms. The third-order valence-electron chi connectivity index (χ3n) is 1.42. The van der Waals surface area contributed by atoms with E-state index in [1.165, 1.54) is 6.92 Å². The van der Waals surface area contributed by atoms with E-state index < -0.39 is 18.0 Å². The van der Waals surface area contributed by atoms with Crippen molar-refractivity contribution >= 4 is 11.6 Å². The van der Waals surface area contributed by atoms with Crippen molar-refractivity contribution in [3.63, 3.8) is 0 Å². The first-order valence-electron chi connectivity index (χ1n) is 3.88. The second-order valence-corrected chi connectivity index (χ2v) is 3.13. The Labute approximate surface area is 88.5 Å². The van der Waals surface area contributed by atoms with Crippen LogP contribution >= 0.6 is 11.6 Å². The zero-order valence-corrected chi connectivity index (χ0v) is 8.30. The van der Waals surface area contributed by atoms with Crippen molar-refractivity contribution in [1.29, 1.82) is 0 Å². The molecule has 1 aromatic heterocycles. The second kappa shape index (κ2) is 4.24. The standard InChI is InChI=1S/C8H7ClF3NO2/c1-4(14)15-7-6(9)2-5(3-13-7)8(10,11)12/h2-4,14H,1H3. The number of hydrogen-bond donors (Lipinski definition) is 1. The van der Waals surface area contributed by atoms with Gasteiger partial charge in [0, 0.05) is 6.20 Å². The molecular weight excluding hydrogens is 235 g/mol. The third-order valence-corrected chi connectivity index (χ3v) is 1.69. The van der Waals surface area contributed by atoms with Crippen molar-refractivity contribution in [3.8, 4) is 5.88 Å². The molecule has 0 spiro atoms. The van der Waals surface area contributed by atoms with Gasteiger partial charge in [-0.25, -0.2) is 4.98 Å². The van der Waals surface area contributed by atoms with Crippen LogP contribution in [0, 0.1) is 0 Å². The summed E-state index contributed by atoms with van der Waals surface area (Å²) >= 11 is 5.48. The summed E-state index contributed by atoms with van der Waals surface area (Å²) in [5.41, 5.74) is -0.967. The SMILES string of the molecule is CC(O)Oc1ncc(C(F)(F)F)cc1Cl. The molecule has 0 aromatic carbocycles. The lowest BCUT2D eigenvalue weighted by molar-refractivity contribution is -0.137. The van der Waals surface area contributed by atoms with Crippen LogP contribution in [-0.2, 0) is 6.18 Å². The topological polar surface area (TPSA) is 42.4 Å². The van der Waals surface area contributed by atoms with Gasteiger partial charge in [-0.05, 0) is 13.0 Å². The van der Waals surface area contributed by atoms with Crippen molar-refractivity contribution in [3.05, 3.63) is 22.8 Å². The predicted molar refractivity (Wildman–Crippen MR) is 46.6 cm³/mol. The lowest BCUT2D eigenvalue weighted by Crippen LogP contribution is -2.12. The van der Waals surface area contributed by atoms with E-state index in [4.69, 9.17) is 16.7 Å². The molecule has 0 fully saturated rings. The first-order valence-corrected chi connectivity index (χ1v) is 4.26. The van der Waals surface area contributed by atoms with Gasteiger partial charge in [0.15, 0.2) is 6.29 Å². The first kappa shape index (κ1) is 12.1. The molecule has 1 atom stereocenters. The molecule has 1 rings (SSSR count). The van der Waals surface area contributed by atoms with Crippen molar-refractivity contribution in [1.82, 2.24) is 4.98 Å². The fraction of sp³-hybridized carbons (Fsp3) is 0.375. The molecule has 0 aliphatic carbocycles. The van der Waals surface area contributed by atoms with Crippen LogP contribution < -0.4 is 4.74 Å². The minimum atomic E-state index is -4.50. The van der Waals surface area contributed by atoms with Gasteiger partial charge in [-0.2, -0.15) is 13.2 Å². The highest BCUT2D eigenvalue weighted by Crippen LogP contribution is 2.33. The average molecular weight is 242 g/mol. The minimum Gasteiger partial charge on any atom is -0.447 e. The van der Waals surface area contributed by atoms with E-state index in [-0.39, 0.29) is 10.9 Å². The largest absolute Gasteiger partial charge is 0.447 e. The number of hydrogen-bond acceptors (Lipinski definition) is 3. The summed E-state index contributed by atoms with van der Waals surface area (Å²) in [6, 6.07) is 0.687. The van der Waals surface area contributed by atoms with E-state index >= 15 is 0 Å². The Morgan fingerprint density at radius 2 is 2.13 bits per heavy atom. The van der Waals surface area contributed by atoms with Gasteiger partial charge in [0.05, 0.1) is 5.56 Å². The Bertz CT molecular complexity index is 354. The molecule has 84 valence electrons. The van der Waals surface area contributed by atoms with Crippen LogP contribution in [0.5, 0.6) is 5.88 Å². The van der Waals surface area contributed by atoms with Crippen LogP contribution in [0.4, 0.5) is 13.2 Å². The van der Waals surface area contributed by atoms with Gasteiger partial charge in [0.25, 0.3) is 0 Å². The lowest BCUT2D eigenvalue weighted by Gasteiger charge is -2.11. The van der Waals surface area contributed by atoms with E-state index in [1.54, 1.807) is 0 Å². The minimum absolute atomic E-state index is 0.236. The maximum Gasteiger partial charge on any atom is 0.417 e. The predicted octanol–water partition coefficient (Wildman–Crippen LogP) is 2.47. The summed E-state index contributed by atoms with van der Waals surface area (Å²) in [7, 11) is 0. The monoisotopic (exact) mass is 241 g/mol. The molecule has 0 aliphatic heterocycles. The van der Waals surface area contributed by atoms with Gasteiger partial charge < -0.3 is 9.84 Å². The Balaban J connectivity index is 2.98. The molecule has 0 bridgehead atoms. The van der Waals surface area contributed by atoms with E-state index in [9.17, 15) is 13.2 Å². The van der Waals surface area contributed by atoms with Gasteiger partial charge in [-0.3, -0.25) is 0 Å². The van der Waals surface area contributed by atoms with Gasteiger partial charge in [-0.15, -0.1) is 0 Å². The molecule has 7 heteroatoms. The van der Waals surface area contributed by atoms with E-state index in [0.29, 0.717) is 12.3 Å². The highest BCUT2D eigenvalue weighted by Gasteiger charge is 2.31. The first-order chi connectivity index (χ1) is 6.80. The smallest absolute Gasteiger partial charge is 0.417 e. The molecule has 0 amide bonds. The fourth-order valence-corrected chi connectivity index (χ4v) is 1.04. The third kappa shape index (κ3) is 3.24. The zero-order valence-electron chi connectivity index (χ0n) is 7.55. The number of aliphatic hydroxyl groups is 1. The summed E-state index contributed by atoms with van der Waals surface area (Å²) in [6.45, 7) is 1.29. The summed E-state index contributed by atoms with van der Waals surface area (Å²) in [5, 5.41) is 8.52. The molecule has 0 saturated heterocycles. The van der Waals surface area contributed by atoms with Crippen LogP contribution in [0.3, 0.4) is 0 Å². The molecule has 1 N–H and O–H groups in total. The maximum absolute atomic E-state index is 12.2. The zero-order chi connectivity index (χ0) is 11.6. The average Bonchev–Trinajstić information content (AvgIpc) is 2.05. The number of aliphatic hydroxyl groups excluding tert-OH is 1. The molecule has 0 saturated carbocycles. The number of pyridine rings is 1. The van der Waals surface area contributed by atoms with Crippen LogP contribution in [0.2, 0.25) is 5.02 Å². The Morgan fingerprint density at radius 3 is 2.53 bits per heavy atom. The number of ether oxygens (including phenoxy) is 1. The van der Waals surface area contributed by atoms with Crippen molar-refractivity contribution in [2.75, 3.05) is 0 Å². The molecule has 1 aromatic rings. The number of rotatable bonds is 2. The van der Waals surface area contributed by atoms with Crippen molar-refractivity contribution in [2.45, 2.75) is 19.4 Å². The fourth-order valence-electron chi connectivity index (χ4n) is 0.829. The van der Waals surface area contributed by atoms with E-state index in [0.717, 1.165) is 0 Å². The van der Waals surface area contributed by atoms with Crippen LogP contribution in [0.1, 0.15) is 12.5 Å². The highest BCUT2D eigenvalue weighted by atomic mass is 35.5. The Hall–Kier alpha value is -1.01. The van der Waals surface area contributed by atoms with Gasteiger partial charge >= 0.3 is 6.18 Å². The molecule has 3 nitrogen and oxygen atoms in total. The molecule has 0 radical (unpaired) electrons. The summed E-state index contributed by atoms with van der Waals surface area (Å²) in [5.74, 6) is -0.236. The Morgan fingerprint density at radius 1 is 1.53 bits per heavy atom. The number of alkyl halides is 3. The molecule has 0 aliphatic rings. The van der Waals surface area contributed by atoms with Crippen LogP contribution in [0.15, 0.2) is 12.3 Å². The normalized spacial score (nSPS) is 13.7. The molecule has 1 heterocycles. The van der Waals surface area contributed by atoms with Crippen molar-refractivity contribution in [2.24, 2.45) is 0 Å². The van der Waals surface area contributed by atoms with Crippen LogP contribution in [-0.4, -0.2) is 16.4 Å². The quantitative estimate of drug-likeness (QED) is 0.809. The second-order valence-electron chi connectivity index (χ2n) is 2.73. The van der Waals surface area contributed by atoms with Crippen molar-refractivity contribution < 1.29 is 23.0 Å². The molecular formula is C8H7ClF3NO2. The number of nitrogens with zero attached hydrogens (tertiary/aromatic N) is 1.